The Hall–Kier alpha value is -1.62. The number of hydrogen-bond donors (Lipinski definition) is 1. The molecule has 0 bridgehead atoms. The van der Waals surface area contributed by atoms with Crippen LogP contribution in [0.3, 0.4) is 0 Å². The summed E-state index contributed by atoms with van der Waals surface area (Å²) in [4.78, 5) is 8.61. The van der Waals surface area contributed by atoms with Gasteiger partial charge in [-0.05, 0) is 13.3 Å². The molecule has 18 heavy (non-hydrogen) atoms. The molecule has 0 spiro atoms. The lowest BCUT2D eigenvalue weighted by Gasteiger charge is -2.06. The van der Waals surface area contributed by atoms with Gasteiger partial charge in [-0.3, -0.25) is 4.68 Å². The lowest BCUT2D eigenvalue weighted by molar-refractivity contribution is 0.756. The van der Waals surface area contributed by atoms with E-state index in [-0.39, 0.29) is 0 Å². The lowest BCUT2D eigenvalue weighted by Crippen LogP contribution is -2.00. The van der Waals surface area contributed by atoms with Crippen molar-refractivity contribution in [2.45, 2.75) is 26.7 Å². The Labute approximate surface area is 111 Å². The van der Waals surface area contributed by atoms with Gasteiger partial charge in [0.15, 0.2) is 0 Å². The van der Waals surface area contributed by atoms with Crippen molar-refractivity contribution in [3.8, 4) is 0 Å². The molecule has 0 saturated heterocycles. The van der Waals surface area contributed by atoms with E-state index in [2.05, 4.69) is 27.3 Å². The van der Waals surface area contributed by atoms with Crippen molar-refractivity contribution in [3.63, 3.8) is 0 Å². The summed E-state index contributed by atoms with van der Waals surface area (Å²) >= 11 is 5.99. The number of nitrogens with one attached hydrogen (secondary N) is 1. The van der Waals surface area contributed by atoms with Crippen LogP contribution in [0, 0.1) is 6.92 Å². The van der Waals surface area contributed by atoms with Crippen molar-refractivity contribution in [2.24, 2.45) is 7.05 Å². The van der Waals surface area contributed by atoms with E-state index in [0.29, 0.717) is 11.0 Å². The van der Waals surface area contributed by atoms with Crippen LogP contribution in [-0.2, 0) is 13.5 Å². The number of aromatic nitrogens is 4. The van der Waals surface area contributed by atoms with Crippen LogP contribution in [0.1, 0.15) is 24.9 Å². The SMILES string of the molecule is CCCc1nc(Cl)cc(Nc2cn(C)nc2C)n1. The highest BCUT2D eigenvalue weighted by Crippen LogP contribution is 2.20. The zero-order valence-electron chi connectivity index (χ0n) is 10.7. The predicted octanol–water partition coefficient (Wildman–Crippen LogP) is 2.87. The summed E-state index contributed by atoms with van der Waals surface area (Å²) in [5.74, 6) is 1.46. The molecule has 96 valence electrons. The molecule has 0 atom stereocenters. The van der Waals surface area contributed by atoms with Crippen molar-refractivity contribution in [1.82, 2.24) is 19.7 Å². The number of anilines is 2. The van der Waals surface area contributed by atoms with Crippen molar-refractivity contribution in [1.29, 1.82) is 0 Å². The standard InChI is InChI=1S/C12H16ClN5/c1-4-5-11-15-10(13)6-12(16-11)14-9-7-18(3)17-8(9)2/h6-7H,4-5H2,1-3H3,(H,14,15,16). The van der Waals surface area contributed by atoms with Crippen molar-refractivity contribution in [2.75, 3.05) is 5.32 Å². The smallest absolute Gasteiger partial charge is 0.135 e. The number of nitrogens with zero attached hydrogens (tertiary/aromatic N) is 4. The Kier molecular flexibility index (Phi) is 3.81. The average molecular weight is 266 g/mol. The van der Waals surface area contributed by atoms with E-state index >= 15 is 0 Å². The normalized spacial score (nSPS) is 10.7. The van der Waals surface area contributed by atoms with Crippen LogP contribution in [0.5, 0.6) is 0 Å². The number of halogens is 1. The van der Waals surface area contributed by atoms with Gasteiger partial charge in [0.2, 0.25) is 0 Å². The molecule has 2 heterocycles. The molecule has 2 aromatic rings. The van der Waals surface area contributed by atoms with E-state index in [9.17, 15) is 0 Å². The Morgan fingerprint density at radius 2 is 2.17 bits per heavy atom. The van der Waals surface area contributed by atoms with Crippen LogP contribution in [0.15, 0.2) is 12.3 Å². The molecule has 0 saturated carbocycles. The maximum atomic E-state index is 5.99. The molecule has 0 aliphatic carbocycles. The summed E-state index contributed by atoms with van der Waals surface area (Å²) in [6.45, 7) is 4.03. The highest BCUT2D eigenvalue weighted by molar-refractivity contribution is 6.29. The highest BCUT2D eigenvalue weighted by atomic mass is 35.5. The first-order valence-electron chi connectivity index (χ1n) is 5.89. The molecule has 0 amide bonds. The Balaban J connectivity index is 2.25. The van der Waals surface area contributed by atoms with Gasteiger partial charge in [0, 0.05) is 25.7 Å². The molecular formula is C12H16ClN5. The van der Waals surface area contributed by atoms with E-state index in [4.69, 9.17) is 11.6 Å². The minimum atomic E-state index is 0.456. The zero-order chi connectivity index (χ0) is 13.1. The molecule has 0 aliphatic heterocycles. The fraction of sp³-hybridized carbons (Fsp3) is 0.417. The van der Waals surface area contributed by atoms with Crippen LogP contribution < -0.4 is 5.32 Å². The Morgan fingerprint density at radius 3 is 2.78 bits per heavy atom. The summed E-state index contributed by atoms with van der Waals surface area (Å²) in [5, 5.41) is 7.94. The van der Waals surface area contributed by atoms with Gasteiger partial charge in [-0.15, -0.1) is 0 Å². The second-order valence-electron chi connectivity index (χ2n) is 4.17. The molecule has 6 heteroatoms. The van der Waals surface area contributed by atoms with E-state index in [0.717, 1.165) is 30.0 Å². The van der Waals surface area contributed by atoms with Crippen LogP contribution in [0.25, 0.3) is 0 Å². The van der Waals surface area contributed by atoms with Crippen LogP contribution in [-0.4, -0.2) is 19.7 Å². The van der Waals surface area contributed by atoms with Crippen molar-refractivity contribution in [3.05, 3.63) is 28.9 Å². The molecule has 2 rings (SSSR count). The van der Waals surface area contributed by atoms with Crippen LogP contribution >= 0.6 is 11.6 Å². The Bertz CT molecular complexity index is 549. The quantitative estimate of drug-likeness (QED) is 0.864. The number of aryl methyl sites for hydroxylation is 3. The van der Waals surface area contributed by atoms with Gasteiger partial charge in [0.25, 0.3) is 0 Å². The molecule has 2 aromatic heterocycles. The molecule has 0 fully saturated rings. The second kappa shape index (κ2) is 5.35. The maximum absolute atomic E-state index is 5.99. The summed E-state index contributed by atoms with van der Waals surface area (Å²) in [6, 6.07) is 1.72. The number of hydrogen-bond acceptors (Lipinski definition) is 4. The van der Waals surface area contributed by atoms with Crippen molar-refractivity contribution < 1.29 is 0 Å². The van der Waals surface area contributed by atoms with Gasteiger partial charge in [0.1, 0.15) is 16.8 Å². The topological polar surface area (TPSA) is 55.6 Å². The van der Waals surface area contributed by atoms with Gasteiger partial charge >= 0.3 is 0 Å². The molecule has 0 unspecified atom stereocenters. The fourth-order valence-electron chi connectivity index (χ4n) is 1.72. The predicted molar refractivity (Wildman–Crippen MR) is 72.3 cm³/mol. The van der Waals surface area contributed by atoms with Gasteiger partial charge in [-0.2, -0.15) is 5.10 Å². The second-order valence-corrected chi connectivity index (χ2v) is 4.56. The van der Waals surface area contributed by atoms with E-state index in [1.54, 1.807) is 10.7 Å². The summed E-state index contributed by atoms with van der Waals surface area (Å²) in [6.07, 6.45) is 3.72. The summed E-state index contributed by atoms with van der Waals surface area (Å²) < 4.78 is 1.76. The van der Waals surface area contributed by atoms with Gasteiger partial charge < -0.3 is 5.32 Å². The van der Waals surface area contributed by atoms with Gasteiger partial charge in [-0.25, -0.2) is 9.97 Å². The molecule has 0 radical (unpaired) electrons. The monoisotopic (exact) mass is 265 g/mol. The average Bonchev–Trinajstić information content (AvgIpc) is 2.57. The first-order valence-corrected chi connectivity index (χ1v) is 6.27. The molecule has 5 nitrogen and oxygen atoms in total. The first kappa shape index (κ1) is 12.8. The molecule has 1 N–H and O–H groups in total. The first-order chi connectivity index (χ1) is 8.58. The minimum Gasteiger partial charge on any atom is -0.337 e. The van der Waals surface area contributed by atoms with Crippen molar-refractivity contribution >= 4 is 23.1 Å². The summed E-state index contributed by atoms with van der Waals surface area (Å²) in [7, 11) is 1.88. The highest BCUT2D eigenvalue weighted by Gasteiger charge is 2.07. The third-order valence-electron chi connectivity index (χ3n) is 2.49. The number of rotatable bonds is 4. The fourth-order valence-corrected chi connectivity index (χ4v) is 1.93. The van der Waals surface area contributed by atoms with Gasteiger partial charge in [0.05, 0.1) is 11.4 Å². The minimum absolute atomic E-state index is 0.456. The zero-order valence-corrected chi connectivity index (χ0v) is 11.5. The lowest BCUT2D eigenvalue weighted by atomic mass is 10.3. The van der Waals surface area contributed by atoms with Crippen LogP contribution in [0.2, 0.25) is 5.15 Å². The molecular weight excluding hydrogens is 250 g/mol. The third kappa shape index (κ3) is 2.98. The Morgan fingerprint density at radius 1 is 1.39 bits per heavy atom. The molecule has 0 aliphatic rings. The van der Waals surface area contributed by atoms with Crippen LogP contribution in [0.4, 0.5) is 11.5 Å². The third-order valence-corrected chi connectivity index (χ3v) is 2.68. The molecule has 0 aromatic carbocycles. The van der Waals surface area contributed by atoms with E-state index in [1.807, 2.05) is 20.2 Å². The summed E-state index contributed by atoms with van der Waals surface area (Å²) in [5.41, 5.74) is 1.85. The van der Waals surface area contributed by atoms with Gasteiger partial charge in [-0.1, -0.05) is 18.5 Å². The largest absolute Gasteiger partial charge is 0.337 e. The van der Waals surface area contributed by atoms with E-state index < -0.39 is 0 Å². The maximum Gasteiger partial charge on any atom is 0.135 e. The van der Waals surface area contributed by atoms with E-state index in [1.165, 1.54) is 0 Å².